The number of amides is 1. The molecule has 1 aromatic rings. The Morgan fingerprint density at radius 1 is 1.38 bits per heavy atom. The summed E-state index contributed by atoms with van der Waals surface area (Å²) in [4.78, 5) is 14.3. The quantitative estimate of drug-likeness (QED) is 0.746. The summed E-state index contributed by atoms with van der Waals surface area (Å²) in [6.07, 6.45) is 5.49. The Hall–Kier alpha value is -0.900. The van der Waals surface area contributed by atoms with Gasteiger partial charge in [-0.3, -0.25) is 4.79 Å². The third kappa shape index (κ3) is 5.09. The van der Waals surface area contributed by atoms with Crippen LogP contribution >= 0.6 is 15.9 Å². The lowest BCUT2D eigenvalue weighted by molar-refractivity contribution is -0.124. The summed E-state index contributed by atoms with van der Waals surface area (Å²) in [5.41, 5.74) is -0.186. The molecule has 2 saturated heterocycles. The Balaban J connectivity index is 1.51. The molecule has 146 valence electrons. The third-order valence-electron chi connectivity index (χ3n) is 5.26. The number of halogens is 1. The second-order valence-corrected chi connectivity index (χ2v) is 9.86. The highest BCUT2D eigenvalue weighted by Crippen LogP contribution is 2.39. The lowest BCUT2D eigenvalue weighted by Gasteiger charge is -2.46. The van der Waals surface area contributed by atoms with E-state index in [0.29, 0.717) is 42.6 Å². The summed E-state index contributed by atoms with van der Waals surface area (Å²) in [7, 11) is -3.14. The van der Waals surface area contributed by atoms with E-state index in [1.54, 1.807) is 12.1 Å². The second-order valence-electron chi connectivity index (χ2n) is 7.24. The molecule has 3 heterocycles. The summed E-state index contributed by atoms with van der Waals surface area (Å²) in [6, 6.07) is 3.40. The lowest BCUT2D eigenvalue weighted by Crippen LogP contribution is -2.51. The van der Waals surface area contributed by atoms with Crippen LogP contribution in [-0.4, -0.2) is 57.3 Å². The number of furan rings is 1. The van der Waals surface area contributed by atoms with Crippen LogP contribution in [0.4, 0.5) is 0 Å². The second kappa shape index (κ2) is 8.00. The highest BCUT2D eigenvalue weighted by molar-refractivity contribution is 9.10. The van der Waals surface area contributed by atoms with Crippen LogP contribution in [0.3, 0.4) is 0 Å². The molecule has 2 fully saturated rings. The number of piperidine rings is 1. The van der Waals surface area contributed by atoms with Gasteiger partial charge in [-0.2, -0.15) is 0 Å². The minimum Gasteiger partial charge on any atom is -0.444 e. The molecule has 26 heavy (non-hydrogen) atoms. The average Bonchev–Trinajstić information content (AvgIpc) is 3.00. The third-order valence-corrected chi connectivity index (χ3v) is 6.41. The number of sulfonamides is 1. The van der Waals surface area contributed by atoms with Crippen molar-refractivity contribution in [2.24, 2.45) is 5.92 Å². The minimum atomic E-state index is -3.14. The number of hydrogen-bond acceptors (Lipinski definition) is 5. The molecule has 1 aromatic heterocycles. The molecular formula is C17H25BrN2O5S. The molecule has 0 saturated carbocycles. The fourth-order valence-corrected chi connectivity index (χ4v) is 4.67. The number of nitrogens with one attached hydrogen (secondary N) is 1. The Kier molecular flexibility index (Phi) is 6.11. The molecule has 0 aliphatic carbocycles. The molecule has 0 radical (unpaired) electrons. The van der Waals surface area contributed by atoms with Gasteiger partial charge in [0.25, 0.3) is 5.91 Å². The van der Waals surface area contributed by atoms with Crippen molar-refractivity contribution in [3.05, 3.63) is 22.6 Å². The number of ether oxygens (including phenoxy) is 1. The number of likely N-dealkylation sites (tertiary alicyclic amines) is 1. The van der Waals surface area contributed by atoms with Crippen molar-refractivity contribution in [1.82, 2.24) is 9.62 Å². The van der Waals surface area contributed by atoms with Crippen molar-refractivity contribution in [3.63, 3.8) is 0 Å². The Morgan fingerprint density at radius 2 is 2.12 bits per heavy atom. The van der Waals surface area contributed by atoms with E-state index < -0.39 is 10.0 Å². The van der Waals surface area contributed by atoms with Gasteiger partial charge in [-0.15, -0.1) is 0 Å². The Morgan fingerprint density at radius 3 is 2.73 bits per heavy atom. The van der Waals surface area contributed by atoms with E-state index in [1.807, 2.05) is 4.90 Å². The maximum atomic E-state index is 12.5. The molecule has 0 aromatic carbocycles. The number of carbonyl (C=O) groups excluding carboxylic acids is 1. The number of carbonyl (C=O) groups is 1. The summed E-state index contributed by atoms with van der Waals surface area (Å²) in [6.45, 7) is 2.46. The van der Waals surface area contributed by atoms with E-state index in [4.69, 9.17) is 9.15 Å². The molecule has 2 aliphatic heterocycles. The SMILES string of the molecule is CS(=O)(=O)NCCC1CCOC2(CCN(C(=O)c3ccc(Br)o3)CC2)C1. The largest absolute Gasteiger partial charge is 0.444 e. The molecule has 9 heteroatoms. The summed E-state index contributed by atoms with van der Waals surface area (Å²) >= 11 is 3.22. The lowest BCUT2D eigenvalue weighted by atomic mass is 9.78. The summed E-state index contributed by atoms with van der Waals surface area (Å²) < 4.78 is 37.0. The first-order valence-corrected chi connectivity index (χ1v) is 11.6. The van der Waals surface area contributed by atoms with Crippen molar-refractivity contribution in [2.45, 2.75) is 37.7 Å². The zero-order valence-electron chi connectivity index (χ0n) is 14.9. The molecule has 7 nitrogen and oxygen atoms in total. The smallest absolute Gasteiger partial charge is 0.289 e. The summed E-state index contributed by atoms with van der Waals surface area (Å²) in [5, 5.41) is 0. The highest BCUT2D eigenvalue weighted by Gasteiger charge is 2.41. The number of nitrogens with zero attached hydrogens (tertiary/aromatic N) is 1. The first kappa shape index (κ1) is 19.9. The van der Waals surface area contributed by atoms with Gasteiger partial charge in [-0.25, -0.2) is 13.1 Å². The van der Waals surface area contributed by atoms with Gasteiger partial charge in [0.1, 0.15) is 0 Å². The minimum absolute atomic E-state index is 0.0877. The summed E-state index contributed by atoms with van der Waals surface area (Å²) in [5.74, 6) is 0.707. The van der Waals surface area contributed by atoms with Gasteiger partial charge in [0.2, 0.25) is 10.0 Å². The van der Waals surface area contributed by atoms with Crippen molar-refractivity contribution in [1.29, 1.82) is 0 Å². The van der Waals surface area contributed by atoms with E-state index in [2.05, 4.69) is 20.7 Å². The van der Waals surface area contributed by atoms with E-state index in [1.165, 1.54) is 6.26 Å². The molecule has 1 unspecified atom stereocenters. The van der Waals surface area contributed by atoms with Gasteiger partial charge in [-0.05, 0) is 66.1 Å². The van der Waals surface area contributed by atoms with Crippen LogP contribution in [0.5, 0.6) is 0 Å². The standard InChI is InChI=1S/C17H25BrN2O5S/c1-26(22,23)19-8-4-13-5-11-24-17(12-13)6-9-20(10-7-17)16(21)14-2-3-15(18)25-14/h2-3,13,19H,4-12H2,1H3. The normalized spacial score (nSPS) is 23.3. The van der Waals surface area contributed by atoms with E-state index in [9.17, 15) is 13.2 Å². The van der Waals surface area contributed by atoms with Gasteiger partial charge >= 0.3 is 0 Å². The molecule has 1 N–H and O–H groups in total. The van der Waals surface area contributed by atoms with Gasteiger partial charge in [-0.1, -0.05) is 0 Å². The molecule has 2 aliphatic rings. The maximum Gasteiger partial charge on any atom is 0.289 e. The van der Waals surface area contributed by atoms with Gasteiger partial charge in [0.15, 0.2) is 10.4 Å². The van der Waals surface area contributed by atoms with Crippen LogP contribution in [0, 0.1) is 5.92 Å². The number of rotatable bonds is 5. The first-order valence-electron chi connectivity index (χ1n) is 8.90. The van der Waals surface area contributed by atoms with Crippen molar-refractivity contribution < 1.29 is 22.4 Å². The van der Waals surface area contributed by atoms with Crippen molar-refractivity contribution in [2.75, 3.05) is 32.5 Å². The molecule has 1 atom stereocenters. The maximum absolute atomic E-state index is 12.5. The van der Waals surface area contributed by atoms with E-state index in [0.717, 1.165) is 32.1 Å². The predicted octanol–water partition coefficient (Wildman–Crippen LogP) is 2.38. The predicted molar refractivity (Wildman–Crippen MR) is 100 cm³/mol. The van der Waals surface area contributed by atoms with Crippen LogP contribution in [0.15, 0.2) is 21.2 Å². The fourth-order valence-electron chi connectivity index (χ4n) is 3.87. The molecular weight excluding hydrogens is 424 g/mol. The van der Waals surface area contributed by atoms with Crippen LogP contribution in [-0.2, 0) is 14.8 Å². The Labute approximate surface area is 162 Å². The fraction of sp³-hybridized carbons (Fsp3) is 0.706. The molecule has 3 rings (SSSR count). The zero-order valence-corrected chi connectivity index (χ0v) is 17.3. The van der Waals surface area contributed by atoms with Crippen LogP contribution in [0.1, 0.15) is 42.7 Å². The monoisotopic (exact) mass is 448 g/mol. The van der Waals surface area contributed by atoms with Gasteiger partial charge in [0.05, 0.1) is 11.9 Å². The number of hydrogen-bond donors (Lipinski definition) is 1. The molecule has 1 amide bonds. The van der Waals surface area contributed by atoms with Gasteiger partial charge in [0, 0.05) is 26.2 Å². The van der Waals surface area contributed by atoms with E-state index in [-0.39, 0.29) is 11.5 Å². The van der Waals surface area contributed by atoms with Crippen molar-refractivity contribution >= 4 is 31.9 Å². The van der Waals surface area contributed by atoms with Crippen LogP contribution < -0.4 is 4.72 Å². The topological polar surface area (TPSA) is 88.9 Å². The van der Waals surface area contributed by atoms with Crippen LogP contribution in [0.25, 0.3) is 0 Å². The van der Waals surface area contributed by atoms with Crippen molar-refractivity contribution in [3.8, 4) is 0 Å². The average molecular weight is 449 g/mol. The van der Waals surface area contributed by atoms with E-state index >= 15 is 0 Å². The highest BCUT2D eigenvalue weighted by atomic mass is 79.9. The molecule has 0 bridgehead atoms. The zero-order chi connectivity index (χ0) is 18.8. The first-order chi connectivity index (χ1) is 12.3. The van der Waals surface area contributed by atoms with Gasteiger partial charge < -0.3 is 14.1 Å². The molecule has 1 spiro atoms. The Bertz CT molecular complexity index is 740. The van der Waals surface area contributed by atoms with Crippen LogP contribution in [0.2, 0.25) is 0 Å².